The second-order valence-electron chi connectivity index (χ2n) is 5.24. The third-order valence-electron chi connectivity index (χ3n) is 3.54. The Kier molecular flexibility index (Phi) is 5.16. The van der Waals surface area contributed by atoms with Crippen LogP contribution >= 0.6 is 23.2 Å². The van der Waals surface area contributed by atoms with Gasteiger partial charge in [-0.1, -0.05) is 23.2 Å². The quantitative estimate of drug-likeness (QED) is 0.673. The van der Waals surface area contributed by atoms with Crippen LogP contribution in [-0.2, 0) is 11.3 Å². The van der Waals surface area contributed by atoms with Crippen LogP contribution in [0.2, 0.25) is 10.0 Å². The SMILES string of the molecule is O=C(O)/C=C/c1cnc(-c2cccnc2)n1Cc1cc(Cl)ccc1Cl. The second-order valence-corrected chi connectivity index (χ2v) is 6.09. The zero-order valence-corrected chi connectivity index (χ0v) is 14.4. The topological polar surface area (TPSA) is 68.0 Å². The second kappa shape index (κ2) is 7.51. The van der Waals surface area contributed by atoms with E-state index in [1.807, 2.05) is 16.7 Å². The van der Waals surface area contributed by atoms with Gasteiger partial charge in [0.2, 0.25) is 0 Å². The molecule has 0 spiro atoms. The molecule has 7 heteroatoms. The Bertz CT molecular complexity index is 937. The zero-order chi connectivity index (χ0) is 17.8. The fourth-order valence-corrected chi connectivity index (χ4v) is 2.78. The summed E-state index contributed by atoms with van der Waals surface area (Å²) in [4.78, 5) is 19.4. The Hall–Kier alpha value is -2.63. The largest absolute Gasteiger partial charge is 0.478 e. The Morgan fingerprint density at radius 1 is 1.24 bits per heavy atom. The lowest BCUT2D eigenvalue weighted by atomic mass is 10.2. The molecule has 0 fully saturated rings. The molecule has 0 amide bonds. The highest BCUT2D eigenvalue weighted by atomic mass is 35.5. The highest BCUT2D eigenvalue weighted by Gasteiger charge is 2.13. The summed E-state index contributed by atoms with van der Waals surface area (Å²) in [6.07, 6.45) is 7.55. The first-order chi connectivity index (χ1) is 12.0. The van der Waals surface area contributed by atoms with E-state index in [0.29, 0.717) is 28.1 Å². The molecule has 2 heterocycles. The van der Waals surface area contributed by atoms with E-state index in [1.165, 1.54) is 6.08 Å². The van der Waals surface area contributed by atoms with Crippen LogP contribution in [0.25, 0.3) is 17.5 Å². The lowest BCUT2D eigenvalue weighted by molar-refractivity contribution is -0.131. The fraction of sp³-hybridized carbons (Fsp3) is 0.0556. The summed E-state index contributed by atoms with van der Waals surface area (Å²) >= 11 is 12.3. The van der Waals surface area contributed by atoms with Crippen LogP contribution in [0.15, 0.2) is 55.0 Å². The van der Waals surface area contributed by atoms with E-state index >= 15 is 0 Å². The van der Waals surface area contributed by atoms with Crippen molar-refractivity contribution in [2.75, 3.05) is 0 Å². The average Bonchev–Trinajstić information content (AvgIpc) is 3.00. The zero-order valence-electron chi connectivity index (χ0n) is 12.9. The molecule has 1 N–H and O–H groups in total. The fourth-order valence-electron chi connectivity index (χ4n) is 2.41. The monoisotopic (exact) mass is 373 g/mol. The lowest BCUT2D eigenvalue weighted by Gasteiger charge is -2.12. The standard InChI is InChI=1S/C18H13Cl2N3O2/c19-14-3-5-16(20)13(8-14)11-23-15(4-6-17(24)25)10-22-18(23)12-2-1-7-21-9-12/h1-10H,11H2,(H,24,25)/b6-4+. The van der Waals surface area contributed by atoms with Gasteiger partial charge < -0.3 is 9.67 Å². The summed E-state index contributed by atoms with van der Waals surface area (Å²) in [5, 5.41) is 10.0. The number of halogens is 2. The maximum atomic E-state index is 10.9. The molecule has 126 valence electrons. The number of carboxylic acids is 1. The summed E-state index contributed by atoms with van der Waals surface area (Å²) in [6, 6.07) is 8.92. The summed E-state index contributed by atoms with van der Waals surface area (Å²) in [7, 11) is 0. The number of rotatable bonds is 5. The summed E-state index contributed by atoms with van der Waals surface area (Å²) in [5.41, 5.74) is 2.26. The van der Waals surface area contributed by atoms with Gasteiger partial charge in [0, 0.05) is 34.1 Å². The van der Waals surface area contributed by atoms with Crippen LogP contribution < -0.4 is 0 Å². The van der Waals surface area contributed by atoms with Gasteiger partial charge >= 0.3 is 5.97 Å². The van der Waals surface area contributed by atoms with Gasteiger partial charge in [0.1, 0.15) is 5.82 Å². The number of carbonyl (C=O) groups is 1. The molecule has 0 atom stereocenters. The number of benzene rings is 1. The van der Waals surface area contributed by atoms with Crippen molar-refractivity contribution in [1.82, 2.24) is 14.5 Å². The number of pyridine rings is 1. The number of aliphatic carboxylic acids is 1. The number of hydrogen-bond donors (Lipinski definition) is 1. The molecule has 0 bridgehead atoms. The van der Waals surface area contributed by atoms with Crippen molar-refractivity contribution in [1.29, 1.82) is 0 Å². The third-order valence-corrected chi connectivity index (χ3v) is 4.14. The van der Waals surface area contributed by atoms with Crippen LogP contribution in [-0.4, -0.2) is 25.6 Å². The molecule has 2 aromatic heterocycles. The Morgan fingerprint density at radius 2 is 2.08 bits per heavy atom. The van der Waals surface area contributed by atoms with Crippen molar-refractivity contribution in [3.05, 3.63) is 76.3 Å². The molecular formula is C18H13Cl2N3O2. The molecular weight excluding hydrogens is 361 g/mol. The van der Waals surface area contributed by atoms with Gasteiger partial charge in [-0.05, 0) is 42.0 Å². The molecule has 5 nitrogen and oxygen atoms in total. The van der Waals surface area contributed by atoms with E-state index in [0.717, 1.165) is 17.2 Å². The minimum absolute atomic E-state index is 0.392. The van der Waals surface area contributed by atoms with Crippen molar-refractivity contribution in [3.63, 3.8) is 0 Å². The molecule has 1 aromatic carbocycles. The van der Waals surface area contributed by atoms with Gasteiger partial charge in [-0.3, -0.25) is 4.98 Å². The van der Waals surface area contributed by atoms with Crippen LogP contribution in [0, 0.1) is 0 Å². The first-order valence-electron chi connectivity index (χ1n) is 7.35. The van der Waals surface area contributed by atoms with Crippen molar-refractivity contribution in [2.45, 2.75) is 6.54 Å². The normalized spacial score (nSPS) is 11.1. The Labute approximate surface area is 154 Å². The van der Waals surface area contributed by atoms with Gasteiger partial charge in [-0.2, -0.15) is 0 Å². The number of hydrogen-bond acceptors (Lipinski definition) is 3. The van der Waals surface area contributed by atoms with E-state index in [2.05, 4.69) is 9.97 Å². The predicted octanol–water partition coefficient (Wildman–Crippen LogP) is 4.40. The molecule has 0 saturated heterocycles. The van der Waals surface area contributed by atoms with Gasteiger partial charge in [-0.15, -0.1) is 0 Å². The van der Waals surface area contributed by atoms with E-state index < -0.39 is 5.97 Å². The van der Waals surface area contributed by atoms with Crippen molar-refractivity contribution in [2.24, 2.45) is 0 Å². The average molecular weight is 374 g/mol. The third kappa shape index (κ3) is 4.07. The summed E-state index contributed by atoms with van der Waals surface area (Å²) in [5.74, 6) is -0.370. The number of imidazole rings is 1. The van der Waals surface area contributed by atoms with Crippen LogP contribution in [0.1, 0.15) is 11.3 Å². The summed E-state index contributed by atoms with van der Waals surface area (Å²) < 4.78 is 1.87. The van der Waals surface area contributed by atoms with Gasteiger partial charge in [0.05, 0.1) is 18.4 Å². The molecule has 3 rings (SSSR count). The van der Waals surface area contributed by atoms with Crippen molar-refractivity contribution < 1.29 is 9.90 Å². The molecule has 0 aliphatic carbocycles. The van der Waals surface area contributed by atoms with Crippen molar-refractivity contribution in [3.8, 4) is 11.4 Å². The maximum absolute atomic E-state index is 10.9. The molecule has 0 aliphatic heterocycles. The van der Waals surface area contributed by atoms with Gasteiger partial charge in [0.25, 0.3) is 0 Å². The Morgan fingerprint density at radius 3 is 2.80 bits per heavy atom. The number of nitrogens with zero attached hydrogens (tertiary/aromatic N) is 3. The first kappa shape index (κ1) is 17.2. The molecule has 25 heavy (non-hydrogen) atoms. The molecule has 3 aromatic rings. The van der Waals surface area contributed by atoms with Crippen LogP contribution in [0.5, 0.6) is 0 Å². The van der Waals surface area contributed by atoms with Crippen molar-refractivity contribution >= 4 is 35.2 Å². The number of aromatic nitrogens is 3. The van der Waals surface area contributed by atoms with E-state index in [4.69, 9.17) is 28.3 Å². The van der Waals surface area contributed by atoms with Crippen LogP contribution in [0.3, 0.4) is 0 Å². The summed E-state index contributed by atoms with van der Waals surface area (Å²) in [6.45, 7) is 0.392. The maximum Gasteiger partial charge on any atom is 0.328 e. The Balaban J connectivity index is 2.09. The first-order valence-corrected chi connectivity index (χ1v) is 8.11. The highest BCUT2D eigenvalue weighted by molar-refractivity contribution is 6.33. The van der Waals surface area contributed by atoms with E-state index in [-0.39, 0.29) is 0 Å². The number of carboxylic acid groups (broad SMARTS) is 1. The minimum atomic E-state index is -1.03. The molecule has 0 unspecified atom stereocenters. The lowest BCUT2D eigenvalue weighted by Crippen LogP contribution is -2.05. The van der Waals surface area contributed by atoms with E-state index in [9.17, 15) is 4.79 Å². The van der Waals surface area contributed by atoms with Crippen LogP contribution in [0.4, 0.5) is 0 Å². The molecule has 0 saturated carbocycles. The predicted molar refractivity (Wildman–Crippen MR) is 97.7 cm³/mol. The highest BCUT2D eigenvalue weighted by Crippen LogP contribution is 2.26. The van der Waals surface area contributed by atoms with Gasteiger partial charge in [0.15, 0.2) is 0 Å². The van der Waals surface area contributed by atoms with Gasteiger partial charge in [-0.25, -0.2) is 9.78 Å². The molecule has 0 radical (unpaired) electrons. The minimum Gasteiger partial charge on any atom is -0.478 e. The molecule has 0 aliphatic rings. The smallest absolute Gasteiger partial charge is 0.328 e. The van der Waals surface area contributed by atoms with E-state index in [1.54, 1.807) is 36.8 Å².